The van der Waals surface area contributed by atoms with E-state index in [-0.39, 0.29) is 13.1 Å². The third-order valence-electron chi connectivity index (χ3n) is 5.26. The minimum Gasteiger partial charge on any atom is -0.327 e. The molecule has 28 heavy (non-hydrogen) atoms. The number of carbonyl (C=O) groups excluding carboxylic acids is 1. The molecule has 2 aromatic carbocycles. The quantitative estimate of drug-likeness (QED) is 0.857. The van der Waals surface area contributed by atoms with Gasteiger partial charge < -0.3 is 10.2 Å². The van der Waals surface area contributed by atoms with E-state index in [1.807, 2.05) is 60.7 Å². The molecular formula is C21H24F3N3O. The first-order valence-corrected chi connectivity index (χ1v) is 9.21. The number of rotatable bonds is 3. The summed E-state index contributed by atoms with van der Waals surface area (Å²) >= 11 is 0. The maximum atomic E-state index is 13.4. The van der Waals surface area contributed by atoms with Crippen molar-refractivity contribution in [2.45, 2.75) is 31.2 Å². The lowest BCUT2D eigenvalue weighted by Gasteiger charge is -2.44. The van der Waals surface area contributed by atoms with E-state index >= 15 is 0 Å². The van der Waals surface area contributed by atoms with Crippen LogP contribution in [0.3, 0.4) is 0 Å². The van der Waals surface area contributed by atoms with Gasteiger partial charge in [-0.1, -0.05) is 60.7 Å². The summed E-state index contributed by atoms with van der Waals surface area (Å²) in [6, 6.07) is 15.8. The summed E-state index contributed by atoms with van der Waals surface area (Å²) in [5.74, 6) is 0. The lowest BCUT2D eigenvalue weighted by atomic mass is 9.99. The fourth-order valence-electron chi connectivity index (χ4n) is 3.53. The molecule has 1 aliphatic heterocycles. The summed E-state index contributed by atoms with van der Waals surface area (Å²) in [5, 5.41) is 2.93. The maximum Gasteiger partial charge on any atom is 0.405 e. The number of likely N-dealkylation sites (N-methyl/N-ethyl adjacent to an activating group) is 1. The molecule has 2 aromatic rings. The first-order chi connectivity index (χ1) is 13.3. The molecule has 2 unspecified atom stereocenters. The molecule has 1 heterocycles. The molecule has 7 heteroatoms. The van der Waals surface area contributed by atoms with E-state index in [4.69, 9.17) is 0 Å². The van der Waals surface area contributed by atoms with Crippen LogP contribution in [0.25, 0.3) is 0 Å². The predicted molar refractivity (Wildman–Crippen MR) is 102 cm³/mol. The van der Waals surface area contributed by atoms with E-state index < -0.39 is 30.3 Å². The Morgan fingerprint density at radius 2 is 1.50 bits per heavy atom. The van der Waals surface area contributed by atoms with Gasteiger partial charge in [0.05, 0.1) is 6.04 Å². The Morgan fingerprint density at radius 3 is 1.96 bits per heavy atom. The van der Waals surface area contributed by atoms with Crippen LogP contribution in [0.4, 0.5) is 18.0 Å². The highest BCUT2D eigenvalue weighted by Gasteiger charge is 2.48. The average molecular weight is 391 g/mol. The standard InChI is InChI=1S/C21H24F3N3O/c1-15-13-27(14-18(26(15)2)21(22,23)24)20(28)25-19(16-9-5-3-6-10-16)17-11-7-4-8-12-17/h3-12,15,18-19H,13-14H2,1-2H3,(H,25,28). The summed E-state index contributed by atoms with van der Waals surface area (Å²) in [7, 11) is 1.45. The molecule has 1 N–H and O–H groups in total. The molecule has 2 atom stereocenters. The molecule has 3 rings (SSSR count). The number of halogens is 3. The number of piperazine rings is 1. The second kappa shape index (κ2) is 8.22. The molecule has 1 saturated heterocycles. The second-order valence-corrected chi connectivity index (χ2v) is 7.18. The van der Waals surface area contributed by atoms with Gasteiger partial charge in [-0.25, -0.2) is 4.79 Å². The lowest BCUT2D eigenvalue weighted by Crippen LogP contribution is -2.63. The molecule has 4 nitrogen and oxygen atoms in total. The fourth-order valence-corrected chi connectivity index (χ4v) is 3.53. The Hall–Kier alpha value is -2.54. The summed E-state index contributed by atoms with van der Waals surface area (Å²) in [6.45, 7) is 1.56. The normalized spacial score (nSPS) is 21.0. The van der Waals surface area contributed by atoms with E-state index in [9.17, 15) is 18.0 Å². The zero-order chi connectivity index (χ0) is 20.3. The van der Waals surface area contributed by atoms with Crippen molar-refractivity contribution in [1.29, 1.82) is 0 Å². The monoisotopic (exact) mass is 391 g/mol. The van der Waals surface area contributed by atoms with Gasteiger partial charge in [-0.2, -0.15) is 13.2 Å². The third kappa shape index (κ3) is 4.47. The van der Waals surface area contributed by atoms with Gasteiger partial charge in [-0.3, -0.25) is 4.90 Å². The van der Waals surface area contributed by atoms with Crippen LogP contribution in [0.1, 0.15) is 24.1 Å². The van der Waals surface area contributed by atoms with E-state index in [0.717, 1.165) is 11.1 Å². The van der Waals surface area contributed by atoms with Gasteiger partial charge in [0.15, 0.2) is 0 Å². The predicted octanol–water partition coefficient (Wildman–Crippen LogP) is 4.05. The second-order valence-electron chi connectivity index (χ2n) is 7.18. The van der Waals surface area contributed by atoms with Crippen LogP contribution in [-0.4, -0.2) is 54.2 Å². The van der Waals surface area contributed by atoms with Gasteiger partial charge >= 0.3 is 12.2 Å². The van der Waals surface area contributed by atoms with Gasteiger partial charge in [-0.15, -0.1) is 0 Å². The highest BCUT2D eigenvalue weighted by molar-refractivity contribution is 5.75. The number of carbonyl (C=O) groups is 1. The number of amides is 2. The molecule has 0 radical (unpaired) electrons. The van der Waals surface area contributed by atoms with Gasteiger partial charge in [0, 0.05) is 19.1 Å². The maximum absolute atomic E-state index is 13.4. The van der Waals surface area contributed by atoms with E-state index in [2.05, 4.69) is 5.32 Å². The molecule has 1 fully saturated rings. The van der Waals surface area contributed by atoms with Crippen molar-refractivity contribution in [2.24, 2.45) is 0 Å². The van der Waals surface area contributed by atoms with E-state index in [1.54, 1.807) is 6.92 Å². The Morgan fingerprint density at radius 1 is 1.00 bits per heavy atom. The Balaban J connectivity index is 1.82. The molecule has 2 amide bonds. The summed E-state index contributed by atoms with van der Waals surface area (Å²) in [5.41, 5.74) is 1.74. The first-order valence-electron chi connectivity index (χ1n) is 9.21. The number of alkyl halides is 3. The number of nitrogens with zero attached hydrogens (tertiary/aromatic N) is 2. The third-order valence-corrected chi connectivity index (χ3v) is 5.26. The molecule has 0 saturated carbocycles. The summed E-state index contributed by atoms with van der Waals surface area (Å²) in [4.78, 5) is 15.5. The molecular weight excluding hydrogens is 367 g/mol. The summed E-state index contributed by atoms with van der Waals surface area (Å²) < 4.78 is 40.2. The SMILES string of the molecule is CC1CN(C(=O)NC(c2ccccc2)c2ccccc2)CC(C(F)(F)F)N1C. The molecule has 0 bridgehead atoms. The number of hydrogen-bond donors (Lipinski definition) is 1. The van der Waals surface area contributed by atoms with Crippen molar-refractivity contribution in [3.05, 3.63) is 71.8 Å². The smallest absolute Gasteiger partial charge is 0.327 e. The minimum atomic E-state index is -4.39. The van der Waals surface area contributed by atoms with Crippen molar-refractivity contribution in [2.75, 3.05) is 20.1 Å². The Bertz CT molecular complexity index is 743. The number of nitrogens with one attached hydrogen (secondary N) is 1. The van der Waals surface area contributed by atoms with Crippen molar-refractivity contribution in [3.8, 4) is 0 Å². The highest BCUT2D eigenvalue weighted by Crippen LogP contribution is 2.29. The van der Waals surface area contributed by atoms with Crippen LogP contribution in [0.15, 0.2) is 60.7 Å². The van der Waals surface area contributed by atoms with Gasteiger partial charge in [0.2, 0.25) is 0 Å². The van der Waals surface area contributed by atoms with Crippen molar-refractivity contribution >= 4 is 6.03 Å². The largest absolute Gasteiger partial charge is 0.405 e. The highest BCUT2D eigenvalue weighted by atomic mass is 19.4. The van der Waals surface area contributed by atoms with Gasteiger partial charge in [-0.05, 0) is 25.1 Å². The van der Waals surface area contributed by atoms with Crippen molar-refractivity contribution < 1.29 is 18.0 Å². The van der Waals surface area contributed by atoms with Crippen molar-refractivity contribution in [1.82, 2.24) is 15.1 Å². The zero-order valence-electron chi connectivity index (χ0n) is 15.9. The minimum absolute atomic E-state index is 0.241. The average Bonchev–Trinajstić information content (AvgIpc) is 2.68. The van der Waals surface area contributed by atoms with Crippen LogP contribution < -0.4 is 5.32 Å². The number of benzene rings is 2. The van der Waals surface area contributed by atoms with Gasteiger partial charge in [0.25, 0.3) is 0 Å². The Labute approximate surface area is 162 Å². The first kappa shape index (κ1) is 20.2. The fraction of sp³-hybridized carbons (Fsp3) is 0.381. The van der Waals surface area contributed by atoms with Crippen LogP contribution >= 0.6 is 0 Å². The zero-order valence-corrected chi connectivity index (χ0v) is 15.9. The van der Waals surface area contributed by atoms with Crippen LogP contribution in [0.2, 0.25) is 0 Å². The topological polar surface area (TPSA) is 35.6 Å². The van der Waals surface area contributed by atoms with E-state index in [0.29, 0.717) is 0 Å². The molecule has 0 aliphatic carbocycles. The van der Waals surface area contributed by atoms with Crippen LogP contribution in [0.5, 0.6) is 0 Å². The number of urea groups is 1. The molecule has 0 spiro atoms. The molecule has 0 aromatic heterocycles. The van der Waals surface area contributed by atoms with Crippen molar-refractivity contribution in [3.63, 3.8) is 0 Å². The molecule has 1 aliphatic rings. The summed E-state index contributed by atoms with van der Waals surface area (Å²) in [6.07, 6.45) is -4.39. The molecule has 150 valence electrons. The van der Waals surface area contributed by atoms with Gasteiger partial charge in [0.1, 0.15) is 6.04 Å². The Kier molecular flexibility index (Phi) is 5.93. The lowest BCUT2D eigenvalue weighted by molar-refractivity contribution is -0.196. The number of hydrogen-bond acceptors (Lipinski definition) is 2. The van der Waals surface area contributed by atoms with E-state index in [1.165, 1.54) is 16.8 Å². The van der Waals surface area contributed by atoms with Crippen LogP contribution in [-0.2, 0) is 0 Å². The van der Waals surface area contributed by atoms with Crippen LogP contribution in [0, 0.1) is 0 Å².